The largest absolute Gasteiger partial charge is 0.491 e. The molecule has 2 aromatic rings. The predicted molar refractivity (Wildman–Crippen MR) is 56.2 cm³/mol. The third-order valence-electron chi connectivity index (χ3n) is 1.84. The van der Waals surface area contributed by atoms with E-state index in [-0.39, 0.29) is 0 Å². The monoisotopic (exact) mass is 223 g/mol. The Bertz CT molecular complexity index is 474. The normalized spacial score (nSPS) is 10.3. The van der Waals surface area contributed by atoms with E-state index >= 15 is 0 Å². The Morgan fingerprint density at radius 3 is 2.80 bits per heavy atom. The van der Waals surface area contributed by atoms with Crippen LogP contribution >= 0.6 is 11.6 Å². The average molecular weight is 223 g/mol. The van der Waals surface area contributed by atoms with Gasteiger partial charge in [0.1, 0.15) is 0 Å². The molecular weight excluding hydrogens is 216 g/mol. The Morgan fingerprint density at radius 1 is 1.40 bits per heavy atom. The Morgan fingerprint density at radius 2 is 2.20 bits per heavy atom. The summed E-state index contributed by atoms with van der Waals surface area (Å²) in [4.78, 5) is 4.04. The van der Waals surface area contributed by atoms with E-state index in [4.69, 9.17) is 21.6 Å². The van der Waals surface area contributed by atoms with Gasteiger partial charge < -0.3 is 10.0 Å². The van der Waals surface area contributed by atoms with Crippen LogP contribution in [0.5, 0.6) is 0 Å². The summed E-state index contributed by atoms with van der Waals surface area (Å²) in [6.07, 6.45) is 4.38. The molecule has 15 heavy (non-hydrogen) atoms. The molecule has 0 unspecified atom stereocenters. The second-order valence-corrected chi connectivity index (χ2v) is 3.36. The van der Waals surface area contributed by atoms with Gasteiger partial charge in [-0.1, -0.05) is 11.6 Å². The van der Waals surface area contributed by atoms with Gasteiger partial charge in [-0.15, -0.1) is 0 Å². The van der Waals surface area contributed by atoms with E-state index < -0.39 is 7.12 Å². The van der Waals surface area contributed by atoms with Crippen molar-refractivity contribution in [3.63, 3.8) is 0 Å². The van der Waals surface area contributed by atoms with Crippen LogP contribution in [0, 0.1) is 0 Å². The lowest BCUT2D eigenvalue weighted by Crippen LogP contribution is -2.28. The summed E-state index contributed by atoms with van der Waals surface area (Å²) < 4.78 is 1.42. The van der Waals surface area contributed by atoms with Crippen LogP contribution in [0.15, 0.2) is 30.7 Å². The fraction of sp³-hybridized carbons (Fsp3) is 0. The van der Waals surface area contributed by atoms with Crippen molar-refractivity contribution in [3.8, 4) is 5.82 Å². The quantitative estimate of drug-likeness (QED) is 0.680. The third-order valence-corrected chi connectivity index (χ3v) is 2.08. The molecule has 0 saturated carbocycles. The number of halogens is 1. The van der Waals surface area contributed by atoms with E-state index in [2.05, 4.69) is 10.1 Å². The highest BCUT2D eigenvalue weighted by Crippen LogP contribution is 2.10. The van der Waals surface area contributed by atoms with Gasteiger partial charge in [0, 0.05) is 35.1 Å². The van der Waals surface area contributed by atoms with Gasteiger partial charge in [0.2, 0.25) is 0 Å². The van der Waals surface area contributed by atoms with Gasteiger partial charge in [0.25, 0.3) is 0 Å². The summed E-state index contributed by atoms with van der Waals surface area (Å²) in [6, 6.07) is 3.28. The first-order chi connectivity index (χ1) is 7.16. The fourth-order valence-electron chi connectivity index (χ4n) is 1.11. The maximum absolute atomic E-state index is 8.89. The summed E-state index contributed by atoms with van der Waals surface area (Å²) in [5.74, 6) is 0.523. The summed E-state index contributed by atoms with van der Waals surface area (Å²) in [5.41, 5.74) is 0.303. The zero-order chi connectivity index (χ0) is 10.8. The Labute approximate surface area is 91.1 Å². The number of nitrogens with zero attached hydrogens (tertiary/aromatic N) is 3. The van der Waals surface area contributed by atoms with Crippen molar-refractivity contribution >= 4 is 24.2 Å². The summed E-state index contributed by atoms with van der Waals surface area (Å²) in [6.45, 7) is 0. The minimum Gasteiger partial charge on any atom is -0.423 e. The molecular formula is C8H7BClN3O2. The lowest BCUT2D eigenvalue weighted by atomic mass is 9.83. The van der Waals surface area contributed by atoms with E-state index in [1.54, 1.807) is 18.3 Å². The number of aromatic nitrogens is 3. The van der Waals surface area contributed by atoms with E-state index in [1.807, 2.05) is 0 Å². The highest BCUT2D eigenvalue weighted by Gasteiger charge is 2.13. The predicted octanol–water partition coefficient (Wildman–Crippen LogP) is -0.400. The molecule has 0 aliphatic carbocycles. The first-order valence-electron chi connectivity index (χ1n) is 4.19. The molecule has 2 N–H and O–H groups in total. The summed E-state index contributed by atoms with van der Waals surface area (Å²) >= 11 is 5.78. The molecule has 2 heterocycles. The van der Waals surface area contributed by atoms with Crippen LogP contribution in [-0.2, 0) is 0 Å². The van der Waals surface area contributed by atoms with E-state index in [0.717, 1.165) is 0 Å². The van der Waals surface area contributed by atoms with Crippen molar-refractivity contribution in [3.05, 3.63) is 35.7 Å². The van der Waals surface area contributed by atoms with Crippen LogP contribution in [0.2, 0.25) is 5.02 Å². The van der Waals surface area contributed by atoms with Crippen molar-refractivity contribution in [1.82, 2.24) is 14.8 Å². The molecule has 0 atom stereocenters. The van der Waals surface area contributed by atoms with Crippen molar-refractivity contribution < 1.29 is 10.0 Å². The molecule has 0 aliphatic heterocycles. The van der Waals surface area contributed by atoms with Crippen LogP contribution < -0.4 is 5.46 Å². The van der Waals surface area contributed by atoms with E-state index in [9.17, 15) is 0 Å². The second kappa shape index (κ2) is 4.02. The van der Waals surface area contributed by atoms with Crippen LogP contribution in [0.25, 0.3) is 5.82 Å². The maximum atomic E-state index is 8.89. The molecule has 0 saturated heterocycles. The molecule has 0 fully saturated rings. The van der Waals surface area contributed by atoms with Crippen molar-refractivity contribution in [2.24, 2.45) is 0 Å². The highest BCUT2D eigenvalue weighted by molar-refractivity contribution is 6.58. The van der Waals surface area contributed by atoms with E-state index in [1.165, 1.54) is 17.1 Å². The van der Waals surface area contributed by atoms with Gasteiger partial charge in [-0.2, -0.15) is 5.10 Å². The molecule has 0 spiro atoms. The van der Waals surface area contributed by atoms with Crippen LogP contribution in [0.3, 0.4) is 0 Å². The van der Waals surface area contributed by atoms with Gasteiger partial charge in [-0.25, -0.2) is 9.67 Å². The zero-order valence-electron chi connectivity index (χ0n) is 7.58. The molecule has 0 radical (unpaired) electrons. The molecule has 76 valence electrons. The van der Waals surface area contributed by atoms with Gasteiger partial charge in [0.15, 0.2) is 5.82 Å². The molecule has 0 bridgehead atoms. The molecule has 0 aliphatic rings. The van der Waals surface area contributed by atoms with Crippen LogP contribution in [0.1, 0.15) is 0 Å². The third kappa shape index (κ3) is 2.17. The van der Waals surface area contributed by atoms with Gasteiger partial charge in [-0.3, -0.25) is 0 Å². The second-order valence-electron chi connectivity index (χ2n) is 2.92. The Balaban J connectivity index is 2.37. The van der Waals surface area contributed by atoms with Crippen LogP contribution in [0.4, 0.5) is 0 Å². The standard InChI is InChI=1S/C8H7BClN3O2/c10-7-1-2-11-8(3-7)13-5-6(4-12-13)9(14)15/h1-5,14-15H. The van der Waals surface area contributed by atoms with Crippen molar-refractivity contribution in [2.45, 2.75) is 0 Å². The molecule has 0 aromatic carbocycles. The Kier molecular flexibility index (Phi) is 2.72. The maximum Gasteiger partial charge on any atom is 0.491 e. The summed E-state index contributed by atoms with van der Waals surface area (Å²) in [7, 11) is -1.53. The molecule has 0 amide bonds. The number of pyridine rings is 1. The van der Waals surface area contributed by atoms with Crippen molar-refractivity contribution in [1.29, 1.82) is 0 Å². The SMILES string of the molecule is OB(O)c1cnn(-c2cc(Cl)ccn2)c1. The number of hydrogen-bond donors (Lipinski definition) is 2. The first-order valence-corrected chi connectivity index (χ1v) is 4.57. The molecule has 2 aromatic heterocycles. The number of rotatable bonds is 2. The molecule has 7 heteroatoms. The van der Waals surface area contributed by atoms with Gasteiger partial charge in [0.05, 0.1) is 0 Å². The zero-order valence-corrected chi connectivity index (χ0v) is 8.33. The molecule has 2 rings (SSSR count). The summed E-state index contributed by atoms with van der Waals surface area (Å²) in [5, 5.41) is 22.3. The minimum absolute atomic E-state index is 0.303. The van der Waals surface area contributed by atoms with Gasteiger partial charge >= 0.3 is 7.12 Å². The van der Waals surface area contributed by atoms with E-state index in [0.29, 0.717) is 16.3 Å². The van der Waals surface area contributed by atoms with Gasteiger partial charge in [-0.05, 0) is 6.07 Å². The Hall–Kier alpha value is -1.37. The van der Waals surface area contributed by atoms with Crippen LogP contribution in [-0.4, -0.2) is 31.9 Å². The highest BCUT2D eigenvalue weighted by atomic mass is 35.5. The minimum atomic E-state index is -1.53. The van der Waals surface area contributed by atoms with Crippen molar-refractivity contribution in [2.75, 3.05) is 0 Å². The lowest BCUT2D eigenvalue weighted by Gasteiger charge is -1.99. The molecule has 5 nitrogen and oxygen atoms in total. The lowest BCUT2D eigenvalue weighted by molar-refractivity contribution is 0.426. The topological polar surface area (TPSA) is 71.2 Å². The first kappa shape index (κ1) is 10.2. The number of hydrogen-bond acceptors (Lipinski definition) is 4. The fourth-order valence-corrected chi connectivity index (χ4v) is 1.27. The average Bonchev–Trinajstić information content (AvgIpc) is 2.66. The smallest absolute Gasteiger partial charge is 0.423 e.